The molecule has 2 aromatic rings. The summed E-state index contributed by atoms with van der Waals surface area (Å²) in [5.41, 5.74) is 8.00. The van der Waals surface area contributed by atoms with Crippen molar-refractivity contribution in [3.63, 3.8) is 0 Å². The number of hydrogen-bond donors (Lipinski definition) is 1. The van der Waals surface area contributed by atoms with Crippen LogP contribution in [0.15, 0.2) is 36.7 Å². The molecule has 2 N–H and O–H groups in total. The number of nitrogens with zero attached hydrogens (tertiary/aromatic N) is 4. The van der Waals surface area contributed by atoms with Gasteiger partial charge in [0.15, 0.2) is 11.5 Å². The number of nitriles is 1. The molecule has 100 valence electrons. The van der Waals surface area contributed by atoms with Crippen molar-refractivity contribution in [3.8, 4) is 6.07 Å². The molecular formula is C15H15N5. The average molecular weight is 265 g/mol. The Morgan fingerprint density at radius 3 is 2.55 bits per heavy atom. The molecule has 0 radical (unpaired) electrons. The predicted molar refractivity (Wildman–Crippen MR) is 76.8 cm³/mol. The van der Waals surface area contributed by atoms with Gasteiger partial charge in [0.25, 0.3) is 0 Å². The molecule has 0 amide bonds. The summed E-state index contributed by atoms with van der Waals surface area (Å²) in [5.74, 6) is 0.675. The molecule has 3 rings (SSSR count). The fraction of sp³-hybridized carbons (Fsp3) is 0.267. The van der Waals surface area contributed by atoms with E-state index < -0.39 is 0 Å². The number of hydrogen-bond acceptors (Lipinski definition) is 5. The van der Waals surface area contributed by atoms with Crippen molar-refractivity contribution in [1.82, 2.24) is 9.97 Å². The zero-order valence-corrected chi connectivity index (χ0v) is 11.0. The fourth-order valence-electron chi connectivity index (χ4n) is 2.20. The van der Waals surface area contributed by atoms with E-state index in [0.29, 0.717) is 17.6 Å². The Balaban J connectivity index is 1.90. The van der Waals surface area contributed by atoms with Crippen molar-refractivity contribution in [2.75, 3.05) is 10.6 Å². The van der Waals surface area contributed by atoms with Gasteiger partial charge >= 0.3 is 0 Å². The van der Waals surface area contributed by atoms with Crippen molar-refractivity contribution < 1.29 is 0 Å². The van der Waals surface area contributed by atoms with E-state index >= 15 is 0 Å². The number of benzene rings is 1. The standard InChI is InChI=1S/C15H15N5/c16-9-14-15(19-8-7-18-14)20(13-5-6-13)10-11-1-3-12(17)4-2-11/h1-4,7-8,13H,5-6,10,17H2. The first kappa shape index (κ1) is 12.4. The second-order valence-corrected chi connectivity index (χ2v) is 4.94. The summed E-state index contributed by atoms with van der Waals surface area (Å²) in [6.07, 6.45) is 5.46. The zero-order valence-electron chi connectivity index (χ0n) is 11.0. The Hall–Kier alpha value is -2.61. The molecule has 1 aliphatic rings. The Morgan fingerprint density at radius 1 is 1.20 bits per heavy atom. The highest BCUT2D eigenvalue weighted by molar-refractivity contribution is 5.52. The van der Waals surface area contributed by atoms with E-state index in [1.807, 2.05) is 24.3 Å². The molecule has 0 atom stereocenters. The van der Waals surface area contributed by atoms with Crippen LogP contribution < -0.4 is 10.6 Å². The van der Waals surface area contributed by atoms with Gasteiger partial charge in [-0.2, -0.15) is 5.26 Å². The Bertz CT molecular complexity index is 640. The first-order valence-corrected chi connectivity index (χ1v) is 6.60. The minimum atomic E-state index is 0.384. The largest absolute Gasteiger partial charge is 0.399 e. The molecule has 1 heterocycles. The SMILES string of the molecule is N#Cc1nccnc1N(Cc1ccc(N)cc1)C1CC1. The molecule has 5 heteroatoms. The van der Waals surface area contributed by atoms with Gasteiger partial charge < -0.3 is 10.6 Å². The average Bonchev–Trinajstić information content (AvgIpc) is 3.31. The number of aromatic nitrogens is 2. The second-order valence-electron chi connectivity index (χ2n) is 4.94. The Morgan fingerprint density at radius 2 is 1.90 bits per heavy atom. The van der Waals surface area contributed by atoms with Crippen LogP contribution in [0, 0.1) is 11.3 Å². The lowest BCUT2D eigenvalue weighted by molar-refractivity contribution is 0.772. The highest BCUT2D eigenvalue weighted by Gasteiger charge is 2.31. The number of nitrogen functional groups attached to an aromatic ring is 1. The molecule has 0 bridgehead atoms. The van der Waals surface area contributed by atoms with E-state index in [9.17, 15) is 5.26 Å². The fourth-order valence-corrected chi connectivity index (χ4v) is 2.20. The van der Waals surface area contributed by atoms with Gasteiger partial charge in [0, 0.05) is 30.7 Å². The quantitative estimate of drug-likeness (QED) is 0.856. The smallest absolute Gasteiger partial charge is 0.183 e. The van der Waals surface area contributed by atoms with Gasteiger partial charge in [-0.25, -0.2) is 9.97 Å². The summed E-state index contributed by atoms with van der Waals surface area (Å²) < 4.78 is 0. The Labute approximate surface area is 117 Å². The van der Waals surface area contributed by atoms with Crippen molar-refractivity contribution in [2.45, 2.75) is 25.4 Å². The first-order valence-electron chi connectivity index (χ1n) is 6.60. The lowest BCUT2D eigenvalue weighted by Crippen LogP contribution is -2.27. The van der Waals surface area contributed by atoms with Crippen molar-refractivity contribution in [1.29, 1.82) is 5.26 Å². The molecule has 0 unspecified atom stereocenters. The number of rotatable bonds is 4. The summed E-state index contributed by atoms with van der Waals surface area (Å²) in [7, 11) is 0. The second kappa shape index (κ2) is 5.17. The molecular weight excluding hydrogens is 250 g/mol. The maximum atomic E-state index is 9.18. The van der Waals surface area contributed by atoms with Crippen LogP contribution in [0.1, 0.15) is 24.1 Å². The van der Waals surface area contributed by atoms with Gasteiger partial charge in [-0.1, -0.05) is 12.1 Å². The summed E-state index contributed by atoms with van der Waals surface area (Å²) in [6, 6.07) is 10.4. The molecule has 1 fully saturated rings. The lowest BCUT2D eigenvalue weighted by Gasteiger charge is -2.24. The third-order valence-electron chi connectivity index (χ3n) is 3.38. The molecule has 0 spiro atoms. The minimum Gasteiger partial charge on any atom is -0.399 e. The summed E-state index contributed by atoms with van der Waals surface area (Å²) in [4.78, 5) is 10.6. The highest BCUT2D eigenvalue weighted by Crippen LogP contribution is 2.33. The zero-order chi connectivity index (χ0) is 13.9. The van der Waals surface area contributed by atoms with Crippen molar-refractivity contribution in [3.05, 3.63) is 47.9 Å². The van der Waals surface area contributed by atoms with Crippen molar-refractivity contribution in [2.24, 2.45) is 0 Å². The number of anilines is 2. The molecule has 0 aliphatic heterocycles. The van der Waals surface area contributed by atoms with E-state index in [0.717, 1.165) is 30.6 Å². The molecule has 5 nitrogen and oxygen atoms in total. The molecule has 1 aromatic heterocycles. The molecule has 1 aromatic carbocycles. The van der Waals surface area contributed by atoms with Crippen LogP contribution in [-0.4, -0.2) is 16.0 Å². The van der Waals surface area contributed by atoms with Gasteiger partial charge in [0.2, 0.25) is 0 Å². The van der Waals surface area contributed by atoms with Crippen LogP contribution in [0.5, 0.6) is 0 Å². The summed E-state index contributed by atoms with van der Waals surface area (Å²) >= 11 is 0. The maximum Gasteiger partial charge on any atom is 0.183 e. The minimum absolute atomic E-state index is 0.384. The van der Waals surface area contributed by atoms with E-state index in [1.165, 1.54) is 0 Å². The summed E-state index contributed by atoms with van der Waals surface area (Å²) in [6.45, 7) is 0.721. The first-order chi connectivity index (χ1) is 9.78. The third-order valence-corrected chi connectivity index (χ3v) is 3.38. The van der Waals surface area contributed by atoms with E-state index in [1.54, 1.807) is 12.4 Å². The lowest BCUT2D eigenvalue weighted by atomic mass is 10.2. The molecule has 0 saturated heterocycles. The van der Waals surface area contributed by atoms with E-state index in [4.69, 9.17) is 5.73 Å². The molecule has 20 heavy (non-hydrogen) atoms. The topological polar surface area (TPSA) is 78.8 Å². The van der Waals surface area contributed by atoms with Crippen LogP contribution in [0.25, 0.3) is 0 Å². The highest BCUT2D eigenvalue weighted by atomic mass is 15.2. The van der Waals surface area contributed by atoms with Crippen molar-refractivity contribution >= 4 is 11.5 Å². The molecule has 1 aliphatic carbocycles. The monoisotopic (exact) mass is 265 g/mol. The molecule has 1 saturated carbocycles. The normalized spacial score (nSPS) is 13.8. The van der Waals surface area contributed by atoms with Crippen LogP contribution >= 0.6 is 0 Å². The van der Waals surface area contributed by atoms with E-state index in [2.05, 4.69) is 20.9 Å². The van der Waals surface area contributed by atoms with E-state index in [-0.39, 0.29) is 0 Å². The van der Waals surface area contributed by atoms with Crippen LogP contribution in [0.3, 0.4) is 0 Å². The van der Waals surface area contributed by atoms with Gasteiger partial charge in [-0.05, 0) is 30.5 Å². The van der Waals surface area contributed by atoms with Gasteiger partial charge in [0.05, 0.1) is 0 Å². The maximum absolute atomic E-state index is 9.18. The summed E-state index contributed by atoms with van der Waals surface area (Å²) in [5, 5.41) is 9.18. The van der Waals surface area contributed by atoms with Crippen LogP contribution in [0.2, 0.25) is 0 Å². The van der Waals surface area contributed by atoms with Crippen LogP contribution in [0.4, 0.5) is 11.5 Å². The van der Waals surface area contributed by atoms with Gasteiger partial charge in [-0.15, -0.1) is 0 Å². The predicted octanol–water partition coefficient (Wildman–Crippen LogP) is 2.10. The number of nitrogens with two attached hydrogens (primary N) is 1. The van der Waals surface area contributed by atoms with Gasteiger partial charge in [0.1, 0.15) is 6.07 Å². The Kier molecular flexibility index (Phi) is 3.21. The van der Waals surface area contributed by atoms with Crippen LogP contribution in [-0.2, 0) is 6.54 Å². The third kappa shape index (κ3) is 2.54. The van der Waals surface area contributed by atoms with Gasteiger partial charge in [-0.3, -0.25) is 0 Å².